The van der Waals surface area contributed by atoms with Crippen LogP contribution in [0.4, 0.5) is 11.5 Å². The van der Waals surface area contributed by atoms with E-state index in [-0.39, 0.29) is 6.04 Å². The maximum absolute atomic E-state index is 5.99. The largest absolute Gasteiger partial charge is 0.487 e. The van der Waals surface area contributed by atoms with Crippen LogP contribution in [-0.2, 0) is 15.9 Å². The van der Waals surface area contributed by atoms with Gasteiger partial charge >= 0.3 is 0 Å². The molecular weight excluding hydrogens is 532 g/mol. The molecule has 1 aliphatic heterocycles. The molecule has 0 spiro atoms. The van der Waals surface area contributed by atoms with E-state index >= 15 is 0 Å². The minimum absolute atomic E-state index is 0.289. The molecule has 0 fully saturated rings. The molecule has 2 aliphatic rings. The molecule has 0 saturated carbocycles. The molecule has 10 heteroatoms. The Balaban J connectivity index is 1.24. The van der Waals surface area contributed by atoms with Gasteiger partial charge in [0.05, 0.1) is 30.5 Å². The first-order valence-corrected chi connectivity index (χ1v) is 14.2. The van der Waals surface area contributed by atoms with E-state index < -0.39 is 0 Å². The molecule has 218 valence electrons. The van der Waals surface area contributed by atoms with Crippen LogP contribution in [0.15, 0.2) is 73.2 Å². The van der Waals surface area contributed by atoms with E-state index in [4.69, 9.17) is 18.9 Å². The van der Waals surface area contributed by atoms with Crippen LogP contribution < -0.4 is 25.8 Å². The van der Waals surface area contributed by atoms with Gasteiger partial charge < -0.3 is 29.7 Å². The Morgan fingerprint density at radius 3 is 2.55 bits per heavy atom. The van der Waals surface area contributed by atoms with Crippen LogP contribution >= 0.6 is 0 Å². The molecular formula is C32H36N6O4. The van der Waals surface area contributed by atoms with Crippen molar-refractivity contribution in [3.05, 3.63) is 89.9 Å². The average molecular weight is 569 g/mol. The van der Waals surface area contributed by atoms with Gasteiger partial charge in [0.15, 0.2) is 11.5 Å². The first kappa shape index (κ1) is 27.8. The van der Waals surface area contributed by atoms with Gasteiger partial charge in [-0.1, -0.05) is 36.4 Å². The molecule has 10 nitrogen and oxygen atoms in total. The summed E-state index contributed by atoms with van der Waals surface area (Å²) >= 11 is 0. The van der Waals surface area contributed by atoms with Gasteiger partial charge in [-0.05, 0) is 48.6 Å². The number of hydrogen-bond donors (Lipinski definition) is 3. The molecule has 4 aromatic rings. The zero-order valence-corrected chi connectivity index (χ0v) is 23.9. The fraction of sp³-hybridized carbons (Fsp3) is 0.312. The van der Waals surface area contributed by atoms with Gasteiger partial charge in [-0.3, -0.25) is 5.01 Å². The normalized spacial score (nSPS) is 16.1. The Morgan fingerprint density at radius 2 is 1.71 bits per heavy atom. The van der Waals surface area contributed by atoms with Gasteiger partial charge in [-0.2, -0.15) is 0 Å². The summed E-state index contributed by atoms with van der Waals surface area (Å²) in [6.07, 6.45) is 7.12. The van der Waals surface area contributed by atoms with Crippen molar-refractivity contribution in [2.75, 3.05) is 46.0 Å². The van der Waals surface area contributed by atoms with Crippen molar-refractivity contribution >= 4 is 28.1 Å². The number of aryl methyl sites for hydroxylation is 1. The van der Waals surface area contributed by atoms with Crippen LogP contribution in [0.25, 0.3) is 16.6 Å². The summed E-state index contributed by atoms with van der Waals surface area (Å²) in [6, 6.07) is 21.0. The molecule has 2 heterocycles. The minimum Gasteiger partial charge on any atom is -0.487 e. The van der Waals surface area contributed by atoms with E-state index in [1.807, 2.05) is 24.3 Å². The van der Waals surface area contributed by atoms with Crippen LogP contribution in [0.1, 0.15) is 35.6 Å². The second-order valence-electron chi connectivity index (χ2n) is 10.2. The third-order valence-electron chi connectivity index (χ3n) is 7.49. The van der Waals surface area contributed by atoms with E-state index in [9.17, 15) is 0 Å². The van der Waals surface area contributed by atoms with E-state index in [1.165, 1.54) is 17.5 Å². The Bertz CT molecular complexity index is 1560. The van der Waals surface area contributed by atoms with E-state index in [1.54, 1.807) is 20.5 Å². The number of fused-ring (bicyclic) bond motifs is 2. The highest BCUT2D eigenvalue weighted by atomic mass is 16.5. The lowest BCUT2D eigenvalue weighted by atomic mass is 9.87. The molecule has 3 N–H and O–H groups in total. The lowest BCUT2D eigenvalue weighted by Crippen LogP contribution is -2.39. The molecule has 1 atom stereocenters. The highest BCUT2D eigenvalue weighted by Crippen LogP contribution is 2.37. The highest BCUT2D eigenvalue weighted by Gasteiger charge is 2.27. The summed E-state index contributed by atoms with van der Waals surface area (Å²) < 4.78 is 22.2. The Morgan fingerprint density at radius 1 is 0.905 bits per heavy atom. The average Bonchev–Trinajstić information content (AvgIpc) is 3.52. The fourth-order valence-electron chi connectivity index (χ4n) is 5.42. The van der Waals surface area contributed by atoms with Crippen molar-refractivity contribution in [1.82, 2.24) is 25.9 Å². The number of aromatic nitrogens is 2. The topological polar surface area (TPSA) is 102 Å². The number of rotatable bonds is 12. The molecule has 1 aromatic heterocycles. The minimum atomic E-state index is 0.289. The molecule has 1 aliphatic carbocycles. The number of hydrogen-bond acceptors (Lipinski definition) is 10. The quantitative estimate of drug-likeness (QED) is 0.200. The summed E-state index contributed by atoms with van der Waals surface area (Å²) in [4.78, 5) is 9.04. The smallest absolute Gasteiger partial charge is 0.163 e. The molecule has 6 rings (SSSR count). The number of benzene rings is 3. The molecule has 0 radical (unpaired) electrons. The maximum atomic E-state index is 5.99. The van der Waals surface area contributed by atoms with Gasteiger partial charge in [-0.25, -0.2) is 9.97 Å². The van der Waals surface area contributed by atoms with E-state index in [0.29, 0.717) is 43.7 Å². The summed E-state index contributed by atoms with van der Waals surface area (Å²) in [5.74, 6) is 1.86. The van der Waals surface area contributed by atoms with E-state index in [0.717, 1.165) is 40.7 Å². The van der Waals surface area contributed by atoms with E-state index in [2.05, 4.69) is 73.9 Å². The summed E-state index contributed by atoms with van der Waals surface area (Å²) in [5, 5.41) is 6.48. The van der Waals surface area contributed by atoms with Gasteiger partial charge in [0.25, 0.3) is 0 Å². The number of nitrogens with zero attached hydrogens (tertiary/aromatic N) is 3. The van der Waals surface area contributed by atoms with Crippen molar-refractivity contribution in [2.24, 2.45) is 0 Å². The fourth-order valence-corrected chi connectivity index (χ4v) is 5.42. The summed E-state index contributed by atoms with van der Waals surface area (Å²) in [6.45, 7) is 1.72. The van der Waals surface area contributed by atoms with Crippen LogP contribution in [0.5, 0.6) is 11.5 Å². The van der Waals surface area contributed by atoms with Crippen LogP contribution in [-0.4, -0.2) is 55.6 Å². The SMILES string of the molecule is COCCOc1cc2ncnc(Nc3cccc(C4=CN(C5CCCc6ccccc65)NN4)c3)c2cc1OCCOC. The Labute approximate surface area is 245 Å². The van der Waals surface area contributed by atoms with Crippen LogP contribution in [0.2, 0.25) is 0 Å². The Kier molecular flexibility index (Phi) is 8.64. The number of hydrazine groups is 2. The van der Waals surface area contributed by atoms with Gasteiger partial charge in [0, 0.05) is 43.1 Å². The zero-order valence-electron chi connectivity index (χ0n) is 23.9. The zero-order chi connectivity index (χ0) is 28.7. The van der Waals surface area contributed by atoms with Crippen molar-refractivity contribution in [2.45, 2.75) is 25.3 Å². The lowest BCUT2D eigenvalue weighted by Gasteiger charge is -2.32. The first-order chi connectivity index (χ1) is 20.7. The van der Waals surface area contributed by atoms with Crippen molar-refractivity contribution < 1.29 is 18.9 Å². The summed E-state index contributed by atoms with van der Waals surface area (Å²) in [5.41, 5.74) is 13.2. The first-order valence-electron chi connectivity index (χ1n) is 14.2. The molecule has 3 aromatic carbocycles. The number of methoxy groups -OCH3 is 2. The molecule has 1 unspecified atom stereocenters. The second-order valence-corrected chi connectivity index (χ2v) is 10.2. The van der Waals surface area contributed by atoms with Gasteiger partial charge in [0.2, 0.25) is 0 Å². The molecule has 0 saturated heterocycles. The number of anilines is 2. The van der Waals surface area contributed by atoms with Crippen molar-refractivity contribution in [1.29, 1.82) is 0 Å². The predicted octanol–water partition coefficient (Wildman–Crippen LogP) is 5.12. The number of nitrogens with one attached hydrogen (secondary N) is 3. The summed E-state index contributed by atoms with van der Waals surface area (Å²) in [7, 11) is 3.28. The third kappa shape index (κ3) is 6.11. The predicted molar refractivity (Wildman–Crippen MR) is 162 cm³/mol. The molecule has 42 heavy (non-hydrogen) atoms. The highest BCUT2D eigenvalue weighted by molar-refractivity contribution is 5.93. The number of ether oxygens (including phenoxy) is 4. The standard InChI is InChI=1S/C32H36N6O4/c1-39-13-15-41-30-18-26-27(19-31(30)42-16-14-40-2)33-21-34-32(26)35-24-10-5-9-23(17-24)28-20-38(37-36-28)29-12-6-8-22-7-3-4-11-25(22)29/h3-5,7,9-11,17-21,29,36-37H,6,8,12-16H2,1-2H3,(H,33,34,35). The van der Waals surface area contributed by atoms with Crippen LogP contribution in [0.3, 0.4) is 0 Å². The van der Waals surface area contributed by atoms with Crippen LogP contribution in [0, 0.1) is 0 Å². The second kappa shape index (κ2) is 13.1. The van der Waals surface area contributed by atoms with Gasteiger partial charge in [-0.15, -0.1) is 5.53 Å². The Hall–Kier alpha value is -4.38. The van der Waals surface area contributed by atoms with Gasteiger partial charge in [0.1, 0.15) is 25.4 Å². The lowest BCUT2D eigenvalue weighted by molar-refractivity contribution is 0.132. The maximum Gasteiger partial charge on any atom is 0.163 e. The third-order valence-corrected chi connectivity index (χ3v) is 7.49. The van der Waals surface area contributed by atoms with Crippen molar-refractivity contribution in [3.8, 4) is 11.5 Å². The monoisotopic (exact) mass is 568 g/mol. The molecule has 0 bridgehead atoms. The van der Waals surface area contributed by atoms with Crippen molar-refractivity contribution in [3.63, 3.8) is 0 Å². The molecule has 0 amide bonds.